The van der Waals surface area contributed by atoms with Crippen molar-refractivity contribution in [1.82, 2.24) is 10.5 Å². The Morgan fingerprint density at radius 3 is 2.82 bits per heavy atom. The summed E-state index contributed by atoms with van der Waals surface area (Å²) in [7, 11) is 0. The summed E-state index contributed by atoms with van der Waals surface area (Å²) in [6.07, 6.45) is 1.64. The van der Waals surface area contributed by atoms with E-state index in [9.17, 15) is 4.79 Å². The Balaban J connectivity index is 1.77. The number of nitrogens with zero attached hydrogens (tertiary/aromatic N) is 1. The molecule has 0 aromatic carbocycles. The van der Waals surface area contributed by atoms with E-state index in [1.165, 1.54) is 0 Å². The van der Waals surface area contributed by atoms with Crippen molar-refractivity contribution >= 4 is 17.2 Å². The minimum Gasteiger partial charge on any atom is -0.469 e. The standard InChI is InChI=1S/C16H16N2O3S/c1-10-15(11(2)21-18-10)16(19)17-9-12(13-5-3-7-20-13)14-6-4-8-22-14/h3-8,12H,9H2,1-2H3,(H,17,19). The van der Waals surface area contributed by atoms with Gasteiger partial charge in [-0.3, -0.25) is 4.79 Å². The third-order valence-corrected chi connectivity index (χ3v) is 4.49. The third-order valence-electron chi connectivity index (χ3n) is 3.50. The molecule has 1 unspecified atom stereocenters. The van der Waals surface area contributed by atoms with E-state index in [4.69, 9.17) is 8.94 Å². The average Bonchev–Trinajstić information content (AvgIpc) is 3.22. The van der Waals surface area contributed by atoms with Gasteiger partial charge in [0.15, 0.2) is 0 Å². The second-order valence-corrected chi connectivity index (χ2v) is 5.97. The molecule has 1 amide bonds. The zero-order valence-electron chi connectivity index (χ0n) is 12.3. The molecule has 5 nitrogen and oxygen atoms in total. The predicted molar refractivity (Wildman–Crippen MR) is 83.2 cm³/mol. The van der Waals surface area contributed by atoms with E-state index in [2.05, 4.69) is 10.5 Å². The number of aryl methyl sites for hydroxylation is 2. The van der Waals surface area contributed by atoms with Crippen molar-refractivity contribution in [3.05, 3.63) is 63.6 Å². The number of amides is 1. The molecule has 0 aliphatic rings. The quantitative estimate of drug-likeness (QED) is 0.782. The molecule has 0 saturated carbocycles. The van der Waals surface area contributed by atoms with Crippen LogP contribution in [0.5, 0.6) is 0 Å². The minimum atomic E-state index is -0.177. The number of rotatable bonds is 5. The Hall–Kier alpha value is -2.34. The second kappa shape index (κ2) is 6.19. The van der Waals surface area contributed by atoms with Crippen LogP contribution in [0.2, 0.25) is 0 Å². The van der Waals surface area contributed by atoms with E-state index in [-0.39, 0.29) is 11.8 Å². The highest BCUT2D eigenvalue weighted by atomic mass is 32.1. The Morgan fingerprint density at radius 2 is 2.23 bits per heavy atom. The summed E-state index contributed by atoms with van der Waals surface area (Å²) in [5, 5.41) is 8.78. The predicted octanol–water partition coefficient (Wildman–Crippen LogP) is 3.51. The number of carbonyl (C=O) groups is 1. The van der Waals surface area contributed by atoms with Crippen LogP contribution < -0.4 is 5.32 Å². The zero-order valence-corrected chi connectivity index (χ0v) is 13.1. The molecule has 3 rings (SSSR count). The van der Waals surface area contributed by atoms with Gasteiger partial charge in [0.05, 0.1) is 17.9 Å². The van der Waals surface area contributed by atoms with E-state index in [1.807, 2.05) is 29.6 Å². The van der Waals surface area contributed by atoms with E-state index >= 15 is 0 Å². The van der Waals surface area contributed by atoms with Gasteiger partial charge in [-0.05, 0) is 37.4 Å². The van der Waals surface area contributed by atoms with Crippen molar-refractivity contribution < 1.29 is 13.7 Å². The summed E-state index contributed by atoms with van der Waals surface area (Å²) in [5.41, 5.74) is 1.10. The highest BCUT2D eigenvalue weighted by Crippen LogP contribution is 2.28. The van der Waals surface area contributed by atoms with Gasteiger partial charge < -0.3 is 14.3 Å². The number of carbonyl (C=O) groups excluding carboxylic acids is 1. The molecule has 0 aliphatic heterocycles. The minimum absolute atomic E-state index is 0.000535. The van der Waals surface area contributed by atoms with Crippen molar-refractivity contribution in [1.29, 1.82) is 0 Å². The Morgan fingerprint density at radius 1 is 1.36 bits per heavy atom. The monoisotopic (exact) mass is 316 g/mol. The lowest BCUT2D eigenvalue weighted by Gasteiger charge is -2.14. The van der Waals surface area contributed by atoms with Crippen molar-refractivity contribution in [2.24, 2.45) is 0 Å². The molecule has 114 valence electrons. The molecule has 1 N–H and O–H groups in total. The van der Waals surface area contributed by atoms with Crippen LogP contribution in [-0.4, -0.2) is 17.6 Å². The number of aromatic nitrogens is 1. The fraction of sp³-hybridized carbons (Fsp3) is 0.250. The number of furan rings is 1. The van der Waals surface area contributed by atoms with Gasteiger partial charge in [0.1, 0.15) is 17.1 Å². The molecular formula is C16H16N2O3S. The van der Waals surface area contributed by atoms with Gasteiger partial charge in [-0.1, -0.05) is 11.2 Å². The fourth-order valence-corrected chi connectivity index (χ4v) is 3.25. The Bertz CT molecular complexity index is 691. The van der Waals surface area contributed by atoms with Gasteiger partial charge in [-0.25, -0.2) is 0 Å². The lowest BCUT2D eigenvalue weighted by atomic mass is 10.0. The molecule has 3 aromatic heterocycles. The highest BCUT2D eigenvalue weighted by molar-refractivity contribution is 7.10. The van der Waals surface area contributed by atoms with Crippen LogP contribution in [0.4, 0.5) is 0 Å². The molecule has 0 fully saturated rings. The fourth-order valence-electron chi connectivity index (χ4n) is 2.41. The lowest BCUT2D eigenvalue weighted by Crippen LogP contribution is -2.29. The summed E-state index contributed by atoms with van der Waals surface area (Å²) in [5.74, 6) is 1.19. The first kappa shape index (κ1) is 14.6. The van der Waals surface area contributed by atoms with Crippen LogP contribution in [0, 0.1) is 13.8 Å². The van der Waals surface area contributed by atoms with Gasteiger partial charge in [-0.15, -0.1) is 11.3 Å². The average molecular weight is 316 g/mol. The van der Waals surface area contributed by atoms with E-state index in [1.54, 1.807) is 31.4 Å². The number of hydrogen-bond donors (Lipinski definition) is 1. The maximum atomic E-state index is 12.4. The SMILES string of the molecule is Cc1noc(C)c1C(=O)NCC(c1ccco1)c1cccs1. The van der Waals surface area contributed by atoms with Crippen LogP contribution in [0.25, 0.3) is 0 Å². The first-order valence-electron chi connectivity index (χ1n) is 6.94. The van der Waals surface area contributed by atoms with Crippen LogP contribution in [0.1, 0.15) is 38.4 Å². The molecule has 0 aliphatic carbocycles. The van der Waals surface area contributed by atoms with Crippen LogP contribution in [-0.2, 0) is 0 Å². The summed E-state index contributed by atoms with van der Waals surface area (Å²) < 4.78 is 10.6. The molecule has 22 heavy (non-hydrogen) atoms. The molecule has 0 spiro atoms. The van der Waals surface area contributed by atoms with E-state index < -0.39 is 0 Å². The van der Waals surface area contributed by atoms with Gasteiger partial charge >= 0.3 is 0 Å². The van der Waals surface area contributed by atoms with Crippen LogP contribution in [0.3, 0.4) is 0 Å². The second-order valence-electron chi connectivity index (χ2n) is 4.99. The number of thiophene rings is 1. The molecule has 6 heteroatoms. The molecule has 1 atom stereocenters. The van der Waals surface area contributed by atoms with Gasteiger partial charge in [0.2, 0.25) is 0 Å². The first-order chi connectivity index (χ1) is 10.7. The summed E-state index contributed by atoms with van der Waals surface area (Å²) >= 11 is 1.64. The topological polar surface area (TPSA) is 68.3 Å². The van der Waals surface area contributed by atoms with Crippen LogP contribution >= 0.6 is 11.3 Å². The normalized spacial score (nSPS) is 12.3. The largest absolute Gasteiger partial charge is 0.469 e. The maximum absolute atomic E-state index is 12.4. The summed E-state index contributed by atoms with van der Waals surface area (Å²) in [6.45, 7) is 3.95. The van der Waals surface area contributed by atoms with Crippen molar-refractivity contribution in [2.45, 2.75) is 19.8 Å². The highest BCUT2D eigenvalue weighted by Gasteiger charge is 2.22. The molecular weight excluding hydrogens is 300 g/mol. The smallest absolute Gasteiger partial charge is 0.256 e. The van der Waals surface area contributed by atoms with Gasteiger partial charge in [0, 0.05) is 11.4 Å². The van der Waals surface area contributed by atoms with Gasteiger partial charge in [-0.2, -0.15) is 0 Å². The third kappa shape index (κ3) is 2.82. The van der Waals surface area contributed by atoms with E-state index in [0.29, 0.717) is 23.6 Å². The number of hydrogen-bond acceptors (Lipinski definition) is 5. The van der Waals surface area contributed by atoms with Crippen molar-refractivity contribution in [2.75, 3.05) is 6.54 Å². The zero-order chi connectivity index (χ0) is 15.5. The number of nitrogens with one attached hydrogen (secondary N) is 1. The summed E-state index contributed by atoms with van der Waals surface area (Å²) in [6, 6.07) is 7.81. The Labute approximate surface area is 131 Å². The van der Waals surface area contributed by atoms with E-state index in [0.717, 1.165) is 10.6 Å². The molecule has 0 radical (unpaired) electrons. The molecule has 3 aromatic rings. The van der Waals surface area contributed by atoms with Gasteiger partial charge in [0.25, 0.3) is 5.91 Å². The van der Waals surface area contributed by atoms with Crippen molar-refractivity contribution in [3.8, 4) is 0 Å². The Kier molecular flexibility index (Phi) is 4.11. The molecule has 3 heterocycles. The van der Waals surface area contributed by atoms with Crippen molar-refractivity contribution in [3.63, 3.8) is 0 Å². The molecule has 0 bridgehead atoms. The lowest BCUT2D eigenvalue weighted by molar-refractivity contribution is 0.0950. The maximum Gasteiger partial charge on any atom is 0.256 e. The summed E-state index contributed by atoms with van der Waals surface area (Å²) in [4.78, 5) is 13.5. The molecule has 0 saturated heterocycles. The first-order valence-corrected chi connectivity index (χ1v) is 7.82. The van der Waals surface area contributed by atoms with Crippen LogP contribution in [0.15, 0.2) is 44.8 Å².